The van der Waals surface area contributed by atoms with Crippen LogP contribution in [0.4, 0.5) is 0 Å². The number of hydrogen-bond donors (Lipinski definition) is 2. The maximum Gasteiger partial charge on any atom is 0.0346 e. The Hall–Kier alpha value is -0.900. The summed E-state index contributed by atoms with van der Waals surface area (Å²) < 4.78 is 1.31. The van der Waals surface area contributed by atoms with Crippen molar-refractivity contribution in [2.45, 2.75) is 19.4 Å². The van der Waals surface area contributed by atoms with E-state index in [1.807, 2.05) is 0 Å². The fourth-order valence-electron chi connectivity index (χ4n) is 1.94. The summed E-state index contributed by atoms with van der Waals surface area (Å²) in [7, 11) is 0. The molecule has 1 aromatic heterocycles. The minimum atomic E-state index is 0.106. The van der Waals surface area contributed by atoms with Gasteiger partial charge in [-0.1, -0.05) is 25.1 Å². The summed E-state index contributed by atoms with van der Waals surface area (Å²) in [6.45, 7) is 2.85. The van der Waals surface area contributed by atoms with E-state index in [0.29, 0.717) is 12.5 Å². The van der Waals surface area contributed by atoms with Crippen molar-refractivity contribution in [1.29, 1.82) is 0 Å². The third-order valence-electron chi connectivity index (χ3n) is 2.97. The Morgan fingerprint density at radius 2 is 2.06 bits per heavy atom. The second-order valence-corrected chi connectivity index (χ2v) is 5.28. The highest BCUT2D eigenvalue weighted by atomic mass is 32.1. The Balaban J connectivity index is 2.26. The van der Waals surface area contributed by atoms with E-state index in [2.05, 4.69) is 36.6 Å². The summed E-state index contributed by atoms with van der Waals surface area (Å²) in [5.74, 6) is 0.480. The molecule has 0 aliphatic heterocycles. The van der Waals surface area contributed by atoms with Crippen LogP contribution in [0.1, 0.15) is 24.9 Å². The van der Waals surface area contributed by atoms with E-state index in [-0.39, 0.29) is 6.04 Å². The Morgan fingerprint density at radius 1 is 1.31 bits per heavy atom. The van der Waals surface area contributed by atoms with Gasteiger partial charge >= 0.3 is 0 Å². The van der Waals surface area contributed by atoms with E-state index >= 15 is 0 Å². The molecular weight excluding hydrogens is 216 g/mol. The van der Waals surface area contributed by atoms with Crippen LogP contribution >= 0.6 is 11.3 Å². The Kier molecular flexibility index (Phi) is 3.59. The maximum atomic E-state index is 6.23. The van der Waals surface area contributed by atoms with Gasteiger partial charge in [0.1, 0.15) is 0 Å². The van der Waals surface area contributed by atoms with Crippen LogP contribution in [0, 0.1) is 5.92 Å². The fourth-order valence-corrected chi connectivity index (χ4v) is 2.97. The van der Waals surface area contributed by atoms with Crippen LogP contribution in [-0.2, 0) is 0 Å². The van der Waals surface area contributed by atoms with Crippen LogP contribution in [-0.4, -0.2) is 6.54 Å². The molecule has 0 aliphatic rings. The van der Waals surface area contributed by atoms with Crippen LogP contribution in [0.2, 0.25) is 0 Å². The van der Waals surface area contributed by atoms with Gasteiger partial charge < -0.3 is 11.5 Å². The molecule has 0 fully saturated rings. The highest BCUT2D eigenvalue weighted by molar-refractivity contribution is 7.17. The lowest BCUT2D eigenvalue weighted by atomic mass is 9.96. The lowest BCUT2D eigenvalue weighted by molar-refractivity contribution is 0.484. The van der Waals surface area contributed by atoms with Gasteiger partial charge in [-0.2, -0.15) is 0 Å². The molecule has 1 heterocycles. The van der Waals surface area contributed by atoms with E-state index in [1.54, 1.807) is 11.3 Å². The second-order valence-electron chi connectivity index (χ2n) is 4.37. The third kappa shape index (κ3) is 2.26. The molecule has 0 bridgehead atoms. The molecule has 0 spiro atoms. The van der Waals surface area contributed by atoms with Crippen molar-refractivity contribution in [1.82, 2.24) is 0 Å². The van der Waals surface area contributed by atoms with Crippen LogP contribution in [0.15, 0.2) is 29.6 Å². The van der Waals surface area contributed by atoms with Crippen LogP contribution < -0.4 is 11.5 Å². The van der Waals surface area contributed by atoms with Crippen LogP contribution in [0.25, 0.3) is 10.1 Å². The molecule has 1 aromatic carbocycles. The average molecular weight is 234 g/mol. The topological polar surface area (TPSA) is 52.0 Å². The number of fused-ring (bicyclic) bond motifs is 1. The first kappa shape index (κ1) is 11.6. The molecule has 86 valence electrons. The van der Waals surface area contributed by atoms with Gasteiger partial charge in [0.25, 0.3) is 0 Å². The Bertz CT molecular complexity index is 464. The highest BCUT2D eigenvalue weighted by Gasteiger charge is 2.13. The Morgan fingerprint density at radius 3 is 2.81 bits per heavy atom. The highest BCUT2D eigenvalue weighted by Crippen LogP contribution is 2.31. The van der Waals surface area contributed by atoms with Gasteiger partial charge in [0.15, 0.2) is 0 Å². The first-order chi connectivity index (χ1) is 7.72. The molecule has 0 amide bonds. The van der Waals surface area contributed by atoms with Crippen molar-refractivity contribution in [3.63, 3.8) is 0 Å². The molecule has 2 atom stereocenters. The fraction of sp³-hybridized carbons (Fsp3) is 0.385. The standard InChI is InChI=1S/C13H18N2S/c1-9(7-14)6-12(15)11-8-16-13-5-3-2-4-10(11)13/h2-5,8-9,12H,6-7,14-15H2,1H3. The number of hydrogen-bond acceptors (Lipinski definition) is 3. The lowest BCUT2D eigenvalue weighted by Gasteiger charge is -2.15. The van der Waals surface area contributed by atoms with E-state index in [0.717, 1.165) is 6.42 Å². The van der Waals surface area contributed by atoms with Crippen molar-refractivity contribution in [3.8, 4) is 0 Å². The predicted molar refractivity (Wildman–Crippen MR) is 71.6 cm³/mol. The molecule has 3 heteroatoms. The minimum absolute atomic E-state index is 0.106. The Labute approximate surface area is 100 Å². The lowest BCUT2D eigenvalue weighted by Crippen LogP contribution is -2.19. The molecule has 2 unspecified atom stereocenters. The molecule has 2 nitrogen and oxygen atoms in total. The van der Waals surface area contributed by atoms with Gasteiger partial charge in [-0.3, -0.25) is 0 Å². The van der Waals surface area contributed by atoms with E-state index in [9.17, 15) is 0 Å². The quantitative estimate of drug-likeness (QED) is 0.854. The number of rotatable bonds is 4. The zero-order valence-electron chi connectivity index (χ0n) is 9.52. The molecule has 0 saturated carbocycles. The van der Waals surface area contributed by atoms with Gasteiger partial charge in [0, 0.05) is 10.7 Å². The van der Waals surface area contributed by atoms with Crippen molar-refractivity contribution >= 4 is 21.4 Å². The molecule has 0 saturated heterocycles. The van der Waals surface area contributed by atoms with Crippen molar-refractivity contribution in [3.05, 3.63) is 35.2 Å². The van der Waals surface area contributed by atoms with Gasteiger partial charge in [0.05, 0.1) is 0 Å². The molecule has 0 aliphatic carbocycles. The SMILES string of the molecule is CC(CN)CC(N)c1csc2ccccc12. The summed E-state index contributed by atoms with van der Waals surface area (Å²) in [4.78, 5) is 0. The second kappa shape index (κ2) is 4.95. The van der Waals surface area contributed by atoms with Crippen molar-refractivity contribution in [2.24, 2.45) is 17.4 Å². The van der Waals surface area contributed by atoms with Gasteiger partial charge in [-0.25, -0.2) is 0 Å². The first-order valence-electron chi connectivity index (χ1n) is 5.64. The number of thiophene rings is 1. The number of benzene rings is 1. The van der Waals surface area contributed by atoms with Crippen molar-refractivity contribution < 1.29 is 0 Å². The predicted octanol–water partition coefficient (Wildman–Crippen LogP) is 2.89. The summed E-state index contributed by atoms with van der Waals surface area (Å²) in [6.07, 6.45) is 0.956. The van der Waals surface area contributed by atoms with Gasteiger partial charge in [-0.15, -0.1) is 11.3 Å². The minimum Gasteiger partial charge on any atom is -0.330 e. The maximum absolute atomic E-state index is 6.23. The van der Waals surface area contributed by atoms with Gasteiger partial charge in [-0.05, 0) is 41.3 Å². The van der Waals surface area contributed by atoms with Crippen LogP contribution in [0.3, 0.4) is 0 Å². The van der Waals surface area contributed by atoms with Gasteiger partial charge in [0.2, 0.25) is 0 Å². The molecule has 16 heavy (non-hydrogen) atoms. The molecule has 2 rings (SSSR count). The molecule has 4 N–H and O–H groups in total. The molecule has 2 aromatic rings. The largest absolute Gasteiger partial charge is 0.330 e. The summed E-state index contributed by atoms with van der Waals surface area (Å²) in [5.41, 5.74) is 13.1. The van der Waals surface area contributed by atoms with E-state index < -0.39 is 0 Å². The van der Waals surface area contributed by atoms with Crippen molar-refractivity contribution in [2.75, 3.05) is 6.54 Å². The number of nitrogens with two attached hydrogens (primary N) is 2. The average Bonchev–Trinajstić information content (AvgIpc) is 2.72. The third-order valence-corrected chi connectivity index (χ3v) is 3.95. The normalized spacial score (nSPS) is 15.2. The summed E-state index contributed by atoms with van der Waals surface area (Å²) in [5, 5.41) is 3.47. The molecule has 0 radical (unpaired) electrons. The smallest absolute Gasteiger partial charge is 0.0346 e. The summed E-state index contributed by atoms with van der Waals surface area (Å²) in [6, 6.07) is 8.53. The summed E-state index contributed by atoms with van der Waals surface area (Å²) >= 11 is 1.77. The molecular formula is C13H18N2S. The first-order valence-corrected chi connectivity index (χ1v) is 6.52. The monoisotopic (exact) mass is 234 g/mol. The van der Waals surface area contributed by atoms with E-state index in [1.165, 1.54) is 15.6 Å². The van der Waals surface area contributed by atoms with E-state index in [4.69, 9.17) is 11.5 Å². The van der Waals surface area contributed by atoms with Crippen LogP contribution in [0.5, 0.6) is 0 Å². The zero-order valence-corrected chi connectivity index (χ0v) is 10.3. The zero-order chi connectivity index (χ0) is 11.5.